The molecule has 0 aliphatic carbocycles. The molecule has 2 rings (SSSR count). The lowest BCUT2D eigenvalue weighted by Crippen LogP contribution is -2.14. The van der Waals surface area contributed by atoms with Gasteiger partial charge in [-0.1, -0.05) is 18.2 Å². The first-order valence-corrected chi connectivity index (χ1v) is 7.09. The van der Waals surface area contributed by atoms with Crippen molar-refractivity contribution in [3.05, 3.63) is 48.5 Å². The molecule has 20 heavy (non-hydrogen) atoms. The fourth-order valence-corrected chi connectivity index (χ4v) is 2.39. The van der Waals surface area contributed by atoms with E-state index in [-0.39, 0.29) is 5.91 Å². The number of hydrogen-bond donors (Lipinski definition) is 2. The number of anilines is 2. The lowest BCUT2D eigenvalue weighted by atomic mass is 10.2. The average molecular weight is 288 g/mol. The Morgan fingerprint density at radius 2 is 2.00 bits per heavy atom. The highest BCUT2D eigenvalue weighted by Gasteiger charge is 2.08. The van der Waals surface area contributed by atoms with Gasteiger partial charge in [0.15, 0.2) is 0 Å². The summed E-state index contributed by atoms with van der Waals surface area (Å²) in [6.45, 7) is 0. The van der Waals surface area contributed by atoms with Crippen LogP contribution in [0.5, 0.6) is 5.75 Å². The maximum atomic E-state index is 11.9. The number of benzene rings is 2. The zero-order chi connectivity index (χ0) is 14.4. The molecule has 0 bridgehead atoms. The summed E-state index contributed by atoms with van der Waals surface area (Å²) in [6.07, 6.45) is 0. The van der Waals surface area contributed by atoms with Crippen molar-refractivity contribution in [2.75, 3.05) is 23.9 Å². The molecule has 0 atom stereocenters. The second-order valence-electron chi connectivity index (χ2n) is 4.11. The Kier molecular flexibility index (Phi) is 4.90. The quantitative estimate of drug-likeness (QED) is 0.655. The summed E-state index contributed by atoms with van der Waals surface area (Å²) in [7, 11) is 1.56. The molecule has 5 heteroatoms. The van der Waals surface area contributed by atoms with Crippen molar-refractivity contribution in [3.8, 4) is 5.75 Å². The third kappa shape index (κ3) is 3.93. The van der Waals surface area contributed by atoms with Crippen molar-refractivity contribution in [1.82, 2.24) is 0 Å². The Morgan fingerprint density at radius 3 is 2.70 bits per heavy atom. The van der Waals surface area contributed by atoms with Gasteiger partial charge in [-0.25, -0.2) is 0 Å². The molecule has 0 saturated carbocycles. The molecule has 1 amide bonds. The molecular formula is C15H16N2O2S. The van der Waals surface area contributed by atoms with Crippen molar-refractivity contribution in [3.63, 3.8) is 0 Å². The number of nitrogen functional groups attached to an aromatic ring is 1. The number of amides is 1. The minimum absolute atomic E-state index is 0.0947. The normalized spacial score (nSPS) is 10.1. The molecule has 0 aliphatic heterocycles. The first-order chi connectivity index (χ1) is 9.69. The molecule has 0 fully saturated rings. The smallest absolute Gasteiger partial charge is 0.234 e. The zero-order valence-corrected chi connectivity index (χ0v) is 11.9. The molecule has 0 unspecified atom stereocenters. The van der Waals surface area contributed by atoms with Gasteiger partial charge in [-0.3, -0.25) is 4.79 Å². The van der Waals surface area contributed by atoms with E-state index in [4.69, 9.17) is 10.5 Å². The number of hydrogen-bond acceptors (Lipinski definition) is 4. The van der Waals surface area contributed by atoms with Gasteiger partial charge in [-0.2, -0.15) is 0 Å². The summed E-state index contributed by atoms with van der Waals surface area (Å²) in [5, 5.41) is 2.81. The SMILES string of the molecule is COc1ccc(N)cc1NC(=O)CSc1ccccc1. The average Bonchev–Trinajstić information content (AvgIpc) is 2.46. The first-order valence-electron chi connectivity index (χ1n) is 6.10. The number of nitrogens with one attached hydrogen (secondary N) is 1. The van der Waals surface area contributed by atoms with Gasteiger partial charge in [0.05, 0.1) is 18.6 Å². The van der Waals surface area contributed by atoms with E-state index >= 15 is 0 Å². The highest BCUT2D eigenvalue weighted by molar-refractivity contribution is 8.00. The van der Waals surface area contributed by atoms with Gasteiger partial charge in [0.1, 0.15) is 5.75 Å². The molecule has 2 aromatic rings. The lowest BCUT2D eigenvalue weighted by molar-refractivity contribution is -0.113. The van der Waals surface area contributed by atoms with Gasteiger partial charge >= 0.3 is 0 Å². The Hall–Kier alpha value is -2.14. The molecule has 104 valence electrons. The topological polar surface area (TPSA) is 64.3 Å². The van der Waals surface area contributed by atoms with Crippen LogP contribution in [0.3, 0.4) is 0 Å². The fraction of sp³-hybridized carbons (Fsp3) is 0.133. The van der Waals surface area contributed by atoms with Crippen LogP contribution >= 0.6 is 11.8 Å². The summed E-state index contributed by atoms with van der Waals surface area (Å²) < 4.78 is 5.19. The van der Waals surface area contributed by atoms with Crippen molar-refractivity contribution in [2.45, 2.75) is 4.90 Å². The second kappa shape index (κ2) is 6.86. The highest BCUT2D eigenvalue weighted by Crippen LogP contribution is 2.27. The number of carbonyl (C=O) groups excluding carboxylic acids is 1. The molecule has 3 N–H and O–H groups in total. The molecule has 0 heterocycles. The Balaban J connectivity index is 1.96. The summed E-state index contributed by atoms with van der Waals surface area (Å²) in [5.41, 5.74) is 6.88. The largest absolute Gasteiger partial charge is 0.495 e. The molecule has 0 spiro atoms. The zero-order valence-electron chi connectivity index (χ0n) is 11.1. The van der Waals surface area contributed by atoms with Crippen LogP contribution in [0.2, 0.25) is 0 Å². The van der Waals surface area contributed by atoms with Crippen molar-refractivity contribution >= 4 is 29.0 Å². The number of ether oxygens (including phenoxy) is 1. The summed E-state index contributed by atoms with van der Waals surface area (Å²) in [5.74, 6) is 0.835. The minimum atomic E-state index is -0.0947. The van der Waals surface area contributed by atoms with Crippen LogP contribution in [0.25, 0.3) is 0 Å². The van der Waals surface area contributed by atoms with Crippen LogP contribution in [-0.4, -0.2) is 18.8 Å². The van der Waals surface area contributed by atoms with E-state index < -0.39 is 0 Å². The van der Waals surface area contributed by atoms with Gasteiger partial charge in [0.25, 0.3) is 0 Å². The Labute approximate surface area is 122 Å². The van der Waals surface area contributed by atoms with E-state index in [1.807, 2.05) is 30.3 Å². The molecule has 0 saturated heterocycles. The van der Waals surface area contributed by atoms with Crippen molar-refractivity contribution < 1.29 is 9.53 Å². The van der Waals surface area contributed by atoms with E-state index in [1.54, 1.807) is 25.3 Å². The predicted octanol–water partition coefficient (Wildman–Crippen LogP) is 3.01. The van der Waals surface area contributed by atoms with Crippen molar-refractivity contribution in [1.29, 1.82) is 0 Å². The molecule has 2 aromatic carbocycles. The summed E-state index contributed by atoms with van der Waals surface area (Å²) >= 11 is 1.48. The number of carbonyl (C=O) groups is 1. The molecular weight excluding hydrogens is 272 g/mol. The van der Waals surface area contributed by atoms with Crippen molar-refractivity contribution in [2.24, 2.45) is 0 Å². The van der Waals surface area contributed by atoms with Crippen LogP contribution < -0.4 is 15.8 Å². The fourth-order valence-electron chi connectivity index (χ4n) is 1.68. The van der Waals surface area contributed by atoms with Gasteiger partial charge in [0.2, 0.25) is 5.91 Å². The monoisotopic (exact) mass is 288 g/mol. The van der Waals surface area contributed by atoms with Crippen LogP contribution in [0.15, 0.2) is 53.4 Å². The number of thioether (sulfide) groups is 1. The number of rotatable bonds is 5. The van der Waals surface area contributed by atoms with E-state index in [1.165, 1.54) is 11.8 Å². The van der Waals surface area contributed by atoms with E-state index in [2.05, 4.69) is 5.32 Å². The lowest BCUT2D eigenvalue weighted by Gasteiger charge is -2.10. The van der Waals surface area contributed by atoms with Gasteiger partial charge in [-0.05, 0) is 30.3 Å². The van der Waals surface area contributed by atoms with Crippen LogP contribution in [0, 0.1) is 0 Å². The first kappa shape index (κ1) is 14.3. The minimum Gasteiger partial charge on any atom is -0.495 e. The van der Waals surface area contributed by atoms with Crippen LogP contribution in [-0.2, 0) is 4.79 Å². The Bertz CT molecular complexity index is 588. The Morgan fingerprint density at radius 1 is 1.25 bits per heavy atom. The maximum Gasteiger partial charge on any atom is 0.234 e. The maximum absolute atomic E-state index is 11.9. The molecule has 0 radical (unpaired) electrons. The predicted molar refractivity (Wildman–Crippen MR) is 83.2 cm³/mol. The summed E-state index contributed by atoms with van der Waals surface area (Å²) in [4.78, 5) is 13.0. The van der Waals surface area contributed by atoms with Gasteiger partial charge in [-0.15, -0.1) is 11.8 Å². The second-order valence-corrected chi connectivity index (χ2v) is 5.16. The van der Waals surface area contributed by atoms with Crippen LogP contribution in [0.4, 0.5) is 11.4 Å². The van der Waals surface area contributed by atoms with Gasteiger partial charge < -0.3 is 15.8 Å². The molecule has 0 aliphatic rings. The van der Waals surface area contributed by atoms with E-state index in [0.29, 0.717) is 22.9 Å². The third-order valence-electron chi connectivity index (χ3n) is 2.61. The van der Waals surface area contributed by atoms with E-state index in [9.17, 15) is 4.79 Å². The van der Waals surface area contributed by atoms with E-state index in [0.717, 1.165) is 4.90 Å². The molecule has 0 aromatic heterocycles. The third-order valence-corrected chi connectivity index (χ3v) is 3.62. The standard InChI is InChI=1S/C15H16N2O2S/c1-19-14-8-7-11(16)9-13(14)17-15(18)10-20-12-5-3-2-4-6-12/h2-9H,10,16H2,1H3,(H,17,18). The van der Waals surface area contributed by atoms with Gasteiger partial charge in [0, 0.05) is 10.6 Å². The highest BCUT2D eigenvalue weighted by atomic mass is 32.2. The number of nitrogens with two attached hydrogens (primary N) is 1. The van der Waals surface area contributed by atoms with Crippen LogP contribution in [0.1, 0.15) is 0 Å². The molecule has 4 nitrogen and oxygen atoms in total. The summed E-state index contributed by atoms with van der Waals surface area (Å²) in [6, 6.07) is 14.9. The number of methoxy groups -OCH3 is 1.